The molecule has 0 radical (unpaired) electrons. The lowest BCUT2D eigenvalue weighted by Gasteiger charge is -2.23. The molecule has 8 nitrogen and oxygen atoms in total. The number of hydrogen-bond donors (Lipinski definition) is 1. The van der Waals surface area contributed by atoms with Crippen molar-refractivity contribution < 1.29 is 27.1 Å². The summed E-state index contributed by atoms with van der Waals surface area (Å²) in [5, 5.41) is 2.71. The van der Waals surface area contributed by atoms with Gasteiger partial charge in [-0.25, -0.2) is 17.6 Å². The summed E-state index contributed by atoms with van der Waals surface area (Å²) in [7, 11) is -1.21. The molecule has 0 saturated carbocycles. The molecule has 0 bridgehead atoms. The third kappa shape index (κ3) is 4.33. The Labute approximate surface area is 168 Å². The second kappa shape index (κ2) is 8.34. The van der Waals surface area contributed by atoms with Gasteiger partial charge in [-0.2, -0.15) is 4.31 Å². The number of halogens is 1. The Morgan fingerprint density at radius 1 is 1.28 bits per heavy atom. The number of carbonyl (C=O) groups excluding carboxylic acids is 2. The van der Waals surface area contributed by atoms with Crippen LogP contribution in [-0.2, 0) is 33.1 Å². The van der Waals surface area contributed by atoms with Gasteiger partial charge < -0.3 is 14.6 Å². The van der Waals surface area contributed by atoms with Gasteiger partial charge in [-0.15, -0.1) is 0 Å². The fraction of sp³-hybridized carbons (Fsp3) is 0.368. The Hall–Kier alpha value is -2.72. The number of rotatable bonds is 6. The van der Waals surface area contributed by atoms with Crippen molar-refractivity contribution in [3.8, 4) is 0 Å². The zero-order valence-corrected chi connectivity index (χ0v) is 16.9. The molecular weight excluding hydrogens is 401 g/mol. The minimum atomic E-state index is -3.97. The smallest absolute Gasteiger partial charge is 0.354 e. The lowest BCUT2D eigenvalue weighted by molar-refractivity contribution is -0.124. The largest absolute Gasteiger partial charge is 0.464 e. The molecule has 156 valence electrons. The molecule has 0 spiro atoms. The first-order chi connectivity index (χ1) is 13.7. The van der Waals surface area contributed by atoms with Gasteiger partial charge in [0.05, 0.1) is 7.11 Å². The zero-order chi connectivity index (χ0) is 21.2. The monoisotopic (exact) mass is 423 g/mol. The van der Waals surface area contributed by atoms with Crippen LogP contribution in [0.15, 0.2) is 41.4 Å². The summed E-state index contributed by atoms with van der Waals surface area (Å²) < 4.78 is 46.3. The van der Waals surface area contributed by atoms with Crippen molar-refractivity contribution >= 4 is 21.9 Å². The molecule has 29 heavy (non-hydrogen) atoms. The van der Waals surface area contributed by atoms with Gasteiger partial charge in [-0.05, 0) is 36.6 Å². The number of nitrogens with zero attached hydrogens (tertiary/aromatic N) is 2. The minimum absolute atomic E-state index is 0.0707. The summed E-state index contributed by atoms with van der Waals surface area (Å²) in [5.74, 6) is -1.44. The topological polar surface area (TPSA) is 97.7 Å². The molecule has 3 rings (SSSR count). The van der Waals surface area contributed by atoms with Crippen LogP contribution in [0.1, 0.15) is 28.9 Å². The fourth-order valence-electron chi connectivity index (χ4n) is 3.32. The van der Waals surface area contributed by atoms with Crippen LogP contribution in [0.2, 0.25) is 0 Å². The average molecular weight is 423 g/mol. The van der Waals surface area contributed by atoms with Crippen LogP contribution in [-0.4, -0.2) is 48.9 Å². The molecule has 2 aromatic rings. The third-order valence-corrected chi connectivity index (χ3v) is 6.74. The van der Waals surface area contributed by atoms with Gasteiger partial charge in [-0.1, -0.05) is 12.1 Å². The maximum Gasteiger partial charge on any atom is 0.354 e. The first-order valence-electron chi connectivity index (χ1n) is 9.02. The van der Waals surface area contributed by atoms with Gasteiger partial charge in [0, 0.05) is 26.3 Å². The quantitative estimate of drug-likeness (QED) is 0.709. The van der Waals surface area contributed by atoms with E-state index in [1.165, 1.54) is 36.1 Å². The molecule has 1 amide bonds. The van der Waals surface area contributed by atoms with Crippen LogP contribution in [0.4, 0.5) is 4.39 Å². The van der Waals surface area contributed by atoms with E-state index >= 15 is 0 Å². The Balaban J connectivity index is 1.76. The van der Waals surface area contributed by atoms with E-state index in [4.69, 9.17) is 0 Å². The average Bonchev–Trinajstić information content (AvgIpc) is 3.34. The number of methoxy groups -OCH3 is 1. The molecule has 1 unspecified atom stereocenters. The van der Waals surface area contributed by atoms with Crippen LogP contribution in [0.5, 0.6) is 0 Å². The number of amides is 1. The second-order valence-electron chi connectivity index (χ2n) is 6.78. The van der Waals surface area contributed by atoms with Crippen LogP contribution in [0, 0.1) is 5.82 Å². The number of ether oxygens (including phenoxy) is 1. The molecule has 1 aromatic carbocycles. The van der Waals surface area contributed by atoms with E-state index in [9.17, 15) is 22.4 Å². The number of aryl methyl sites for hydroxylation is 1. The molecule has 1 atom stereocenters. The molecule has 1 aliphatic rings. The normalized spacial score (nSPS) is 17.3. The van der Waals surface area contributed by atoms with Gasteiger partial charge in [-0.3, -0.25) is 4.79 Å². The number of sulfonamides is 1. The van der Waals surface area contributed by atoms with Gasteiger partial charge in [0.25, 0.3) is 0 Å². The van der Waals surface area contributed by atoms with Gasteiger partial charge in [0.15, 0.2) is 0 Å². The van der Waals surface area contributed by atoms with E-state index < -0.39 is 27.9 Å². The van der Waals surface area contributed by atoms with Crippen molar-refractivity contribution in [3.63, 3.8) is 0 Å². The highest BCUT2D eigenvalue weighted by atomic mass is 32.2. The Kier molecular flexibility index (Phi) is 6.04. The van der Waals surface area contributed by atoms with Crippen molar-refractivity contribution in [2.45, 2.75) is 30.3 Å². The molecule has 1 N–H and O–H groups in total. The molecule has 1 aromatic heterocycles. The lowest BCUT2D eigenvalue weighted by Crippen LogP contribution is -2.45. The van der Waals surface area contributed by atoms with Crippen molar-refractivity contribution in [1.82, 2.24) is 14.2 Å². The third-order valence-electron chi connectivity index (χ3n) is 4.87. The summed E-state index contributed by atoms with van der Waals surface area (Å²) in [6.07, 6.45) is 2.27. The van der Waals surface area contributed by atoms with Crippen molar-refractivity contribution in [3.05, 3.63) is 53.6 Å². The molecule has 2 heterocycles. The van der Waals surface area contributed by atoms with Crippen LogP contribution in [0.25, 0.3) is 0 Å². The first kappa shape index (κ1) is 21.0. The molecule has 1 aliphatic heterocycles. The zero-order valence-electron chi connectivity index (χ0n) is 16.1. The Morgan fingerprint density at radius 3 is 2.62 bits per heavy atom. The van der Waals surface area contributed by atoms with E-state index in [1.807, 2.05) is 0 Å². The van der Waals surface area contributed by atoms with Crippen LogP contribution >= 0.6 is 0 Å². The number of hydrogen-bond acceptors (Lipinski definition) is 5. The van der Waals surface area contributed by atoms with Crippen LogP contribution in [0.3, 0.4) is 0 Å². The summed E-state index contributed by atoms with van der Waals surface area (Å²) in [5.41, 5.74) is 0.806. The fourth-order valence-corrected chi connectivity index (χ4v) is 5.05. The number of nitrogens with one attached hydrogen (secondary N) is 1. The summed E-state index contributed by atoms with van der Waals surface area (Å²) in [6, 6.07) is 6.09. The molecule has 1 saturated heterocycles. The number of carbonyl (C=O) groups is 2. The first-order valence-corrected chi connectivity index (χ1v) is 10.5. The number of aromatic nitrogens is 1. The van der Waals surface area contributed by atoms with Gasteiger partial charge in [0.2, 0.25) is 15.9 Å². The minimum Gasteiger partial charge on any atom is -0.464 e. The predicted octanol–water partition coefficient (Wildman–Crippen LogP) is 1.42. The van der Waals surface area contributed by atoms with Crippen LogP contribution < -0.4 is 5.32 Å². The maximum absolute atomic E-state index is 13.1. The molecule has 0 aliphatic carbocycles. The summed E-state index contributed by atoms with van der Waals surface area (Å²) in [6.45, 7) is 0.376. The number of benzene rings is 1. The second-order valence-corrected chi connectivity index (χ2v) is 8.67. The van der Waals surface area contributed by atoms with E-state index in [1.54, 1.807) is 19.2 Å². The molecule has 1 fully saturated rings. The van der Waals surface area contributed by atoms with Crippen molar-refractivity contribution in [2.75, 3.05) is 13.7 Å². The lowest BCUT2D eigenvalue weighted by atomic mass is 10.2. The van der Waals surface area contributed by atoms with Crippen molar-refractivity contribution in [2.24, 2.45) is 7.05 Å². The maximum atomic E-state index is 13.1. The molecular formula is C19H22FN3O5S. The van der Waals surface area contributed by atoms with Gasteiger partial charge in [0.1, 0.15) is 22.4 Å². The van der Waals surface area contributed by atoms with Crippen molar-refractivity contribution in [1.29, 1.82) is 0 Å². The summed E-state index contributed by atoms with van der Waals surface area (Å²) in [4.78, 5) is 24.3. The van der Waals surface area contributed by atoms with E-state index in [0.29, 0.717) is 18.4 Å². The SMILES string of the molecule is COC(=O)c1cc(S(=O)(=O)N2CCCC2C(=O)NCc2ccc(F)cc2)cn1C. The highest BCUT2D eigenvalue weighted by molar-refractivity contribution is 7.89. The number of esters is 1. The Bertz CT molecular complexity index is 1020. The highest BCUT2D eigenvalue weighted by Gasteiger charge is 2.40. The predicted molar refractivity (Wildman–Crippen MR) is 102 cm³/mol. The van der Waals surface area contributed by atoms with E-state index in [0.717, 1.165) is 4.31 Å². The van der Waals surface area contributed by atoms with Gasteiger partial charge >= 0.3 is 5.97 Å². The molecule has 10 heteroatoms. The highest BCUT2D eigenvalue weighted by Crippen LogP contribution is 2.27. The van der Waals surface area contributed by atoms with E-state index in [2.05, 4.69) is 10.1 Å². The summed E-state index contributed by atoms with van der Waals surface area (Å²) >= 11 is 0. The Morgan fingerprint density at radius 2 is 1.97 bits per heavy atom. The standard InChI is InChI=1S/C19H22FN3O5S/c1-22-12-15(10-17(22)19(25)28-2)29(26,27)23-9-3-4-16(23)18(24)21-11-13-5-7-14(20)8-6-13/h5-8,10,12,16H,3-4,9,11H2,1-2H3,(H,21,24). The van der Waals surface area contributed by atoms with E-state index in [-0.39, 0.29) is 29.5 Å².